The number of benzene rings is 1. The molecular weight excluding hydrogens is 687 g/mol. The summed E-state index contributed by atoms with van der Waals surface area (Å²) >= 11 is 13.8. The van der Waals surface area contributed by atoms with Crippen LogP contribution < -0.4 is 13.8 Å². The summed E-state index contributed by atoms with van der Waals surface area (Å²) in [5.41, 5.74) is 0.882. The average molecular weight is 721 g/mol. The first kappa shape index (κ1) is 34.6. The molecule has 10 nitrogen and oxygen atoms in total. The monoisotopic (exact) mass is 719 g/mol. The van der Waals surface area contributed by atoms with Crippen molar-refractivity contribution in [3.05, 3.63) is 68.8 Å². The van der Waals surface area contributed by atoms with Crippen molar-refractivity contribution in [2.75, 3.05) is 56.6 Å². The maximum Gasteiger partial charge on any atom is 0.387 e. The van der Waals surface area contributed by atoms with Gasteiger partial charge in [0.25, 0.3) is 0 Å². The molecule has 16 heteroatoms. The van der Waals surface area contributed by atoms with E-state index in [2.05, 4.69) is 14.6 Å². The Bertz CT molecular complexity index is 1600. The molecule has 2 aliphatic rings. The summed E-state index contributed by atoms with van der Waals surface area (Å²) in [6.45, 7) is 0.541. The second-order valence-electron chi connectivity index (χ2n) is 10.9. The SMILES string of the molecule is CS(=O)(=O)N(CCN1CCOCC1)c1ccc(C(=O)O[C@@H](Cc2c(Cl)cncc2Cl)c2ccc(OC(F)F)c(OCC3CC3)c2)s1. The Morgan fingerprint density at radius 1 is 1.13 bits per heavy atom. The molecule has 0 bridgehead atoms. The number of morpholine rings is 1. The number of carbonyl (C=O) groups is 1. The van der Waals surface area contributed by atoms with Crippen LogP contribution in [0.3, 0.4) is 0 Å². The largest absolute Gasteiger partial charge is 0.489 e. The van der Waals surface area contributed by atoms with Gasteiger partial charge in [-0.05, 0) is 54.2 Å². The maximum absolute atomic E-state index is 13.6. The third kappa shape index (κ3) is 9.41. The zero-order chi connectivity index (χ0) is 32.8. The summed E-state index contributed by atoms with van der Waals surface area (Å²) < 4.78 is 74.9. The molecule has 1 saturated carbocycles. The first-order chi connectivity index (χ1) is 22.0. The topological polar surface area (TPSA) is 108 Å². The number of aromatic nitrogens is 1. The minimum absolute atomic E-state index is 0.0241. The molecule has 0 radical (unpaired) electrons. The van der Waals surface area contributed by atoms with Crippen LogP contribution in [-0.2, 0) is 25.9 Å². The lowest BCUT2D eigenvalue weighted by Crippen LogP contribution is -2.42. The van der Waals surface area contributed by atoms with Crippen LogP contribution in [0.5, 0.6) is 11.5 Å². The van der Waals surface area contributed by atoms with Crippen molar-refractivity contribution in [3.8, 4) is 11.5 Å². The van der Waals surface area contributed by atoms with Gasteiger partial charge in [-0.15, -0.1) is 11.3 Å². The zero-order valence-electron chi connectivity index (χ0n) is 24.9. The van der Waals surface area contributed by atoms with E-state index in [0.29, 0.717) is 61.5 Å². The van der Waals surface area contributed by atoms with Gasteiger partial charge in [0.05, 0.1) is 36.1 Å². The van der Waals surface area contributed by atoms with Crippen molar-refractivity contribution in [2.24, 2.45) is 5.92 Å². The molecule has 3 heterocycles. The maximum atomic E-state index is 13.6. The molecule has 5 rings (SSSR count). The molecule has 0 spiro atoms. The molecule has 0 amide bonds. The molecule has 2 fully saturated rings. The number of nitrogens with zero attached hydrogens (tertiary/aromatic N) is 3. The Morgan fingerprint density at radius 2 is 1.85 bits per heavy atom. The van der Waals surface area contributed by atoms with Gasteiger partial charge in [-0.2, -0.15) is 8.78 Å². The number of rotatable bonds is 15. The number of pyridine rings is 1. The number of alkyl halides is 2. The molecular formula is C30H33Cl2F2N3O7S2. The average Bonchev–Trinajstić information content (AvgIpc) is 3.71. The van der Waals surface area contributed by atoms with Crippen LogP contribution in [0.2, 0.25) is 10.0 Å². The molecule has 3 aromatic rings. The molecule has 1 aliphatic heterocycles. The highest BCUT2D eigenvalue weighted by Crippen LogP contribution is 2.39. The number of anilines is 1. The fraction of sp³-hybridized carbons (Fsp3) is 0.467. The number of carbonyl (C=O) groups excluding carboxylic acids is 1. The van der Waals surface area contributed by atoms with E-state index in [1.807, 2.05) is 0 Å². The Morgan fingerprint density at radius 3 is 2.50 bits per heavy atom. The summed E-state index contributed by atoms with van der Waals surface area (Å²) in [7, 11) is -3.65. The van der Waals surface area contributed by atoms with Gasteiger partial charge < -0.3 is 18.9 Å². The number of esters is 1. The molecule has 1 aromatic carbocycles. The second-order valence-corrected chi connectivity index (χ2v) is 14.7. The lowest BCUT2D eigenvalue weighted by molar-refractivity contribution is -0.0515. The van der Waals surface area contributed by atoms with E-state index in [9.17, 15) is 22.0 Å². The highest BCUT2D eigenvalue weighted by molar-refractivity contribution is 7.92. The normalized spacial score (nSPS) is 16.3. The van der Waals surface area contributed by atoms with Gasteiger partial charge in [-0.3, -0.25) is 14.2 Å². The highest BCUT2D eigenvalue weighted by atomic mass is 35.5. The minimum Gasteiger partial charge on any atom is -0.489 e. The number of hydrogen-bond donors (Lipinski definition) is 0. The Labute approximate surface area is 280 Å². The van der Waals surface area contributed by atoms with Crippen molar-refractivity contribution < 1.29 is 40.9 Å². The standard InChI is InChI=1S/C30H33Cl2F2N3O7S2/c1-46(39,40)37(9-8-36-10-12-41-13-11-36)28-7-6-27(45-28)29(38)43-25(15-21-22(31)16-35-17-23(21)32)20-4-5-24(44-30(33)34)26(14-20)42-18-19-2-3-19/h4-7,14,16-17,19,25,30H,2-3,8-13,15,18H2,1H3/t25-/m0/s1. The molecule has 1 atom stereocenters. The molecule has 46 heavy (non-hydrogen) atoms. The Kier molecular flexibility index (Phi) is 11.6. The van der Waals surface area contributed by atoms with Crippen LogP contribution in [0.4, 0.5) is 13.8 Å². The van der Waals surface area contributed by atoms with Crippen molar-refractivity contribution in [1.82, 2.24) is 9.88 Å². The Balaban J connectivity index is 1.40. The van der Waals surface area contributed by atoms with E-state index in [1.165, 1.54) is 41.0 Å². The van der Waals surface area contributed by atoms with E-state index >= 15 is 0 Å². The zero-order valence-corrected chi connectivity index (χ0v) is 28.0. The van der Waals surface area contributed by atoms with Crippen LogP contribution in [0.25, 0.3) is 0 Å². The van der Waals surface area contributed by atoms with Gasteiger partial charge in [0.15, 0.2) is 11.5 Å². The fourth-order valence-corrected chi connectivity index (χ4v) is 7.48. The lowest BCUT2D eigenvalue weighted by Gasteiger charge is -2.29. The lowest BCUT2D eigenvalue weighted by atomic mass is 10.0. The van der Waals surface area contributed by atoms with E-state index in [0.717, 1.165) is 30.4 Å². The molecule has 0 unspecified atom stereocenters. The number of halogens is 4. The molecule has 0 N–H and O–H groups in total. The number of thiophene rings is 1. The van der Waals surface area contributed by atoms with Crippen molar-refractivity contribution in [2.45, 2.75) is 32.0 Å². The van der Waals surface area contributed by atoms with E-state index in [1.54, 1.807) is 6.07 Å². The van der Waals surface area contributed by atoms with Gasteiger partial charge >= 0.3 is 12.6 Å². The van der Waals surface area contributed by atoms with Crippen molar-refractivity contribution in [1.29, 1.82) is 0 Å². The third-order valence-corrected chi connectivity index (χ3v) is 10.5. The van der Waals surface area contributed by atoms with Gasteiger partial charge in [0, 0.05) is 45.0 Å². The van der Waals surface area contributed by atoms with E-state index in [4.69, 9.17) is 37.4 Å². The molecule has 250 valence electrons. The number of ether oxygens (including phenoxy) is 4. The van der Waals surface area contributed by atoms with E-state index < -0.39 is 28.7 Å². The summed E-state index contributed by atoms with van der Waals surface area (Å²) in [4.78, 5) is 19.8. The van der Waals surface area contributed by atoms with Gasteiger partial charge in [-0.1, -0.05) is 29.3 Å². The van der Waals surface area contributed by atoms with Crippen LogP contribution in [0.15, 0.2) is 42.7 Å². The summed E-state index contributed by atoms with van der Waals surface area (Å²) in [5, 5.41) is 0.863. The van der Waals surface area contributed by atoms with Crippen LogP contribution in [0.1, 0.15) is 39.7 Å². The van der Waals surface area contributed by atoms with Gasteiger partial charge in [-0.25, -0.2) is 13.2 Å². The summed E-state index contributed by atoms with van der Waals surface area (Å²) in [6, 6.07) is 7.40. The van der Waals surface area contributed by atoms with E-state index in [-0.39, 0.29) is 39.4 Å². The van der Waals surface area contributed by atoms with Crippen LogP contribution >= 0.6 is 34.5 Å². The highest BCUT2D eigenvalue weighted by Gasteiger charge is 2.28. The van der Waals surface area contributed by atoms with Gasteiger partial charge in [0.2, 0.25) is 10.0 Å². The van der Waals surface area contributed by atoms with Crippen LogP contribution in [0, 0.1) is 5.92 Å². The predicted molar refractivity (Wildman–Crippen MR) is 171 cm³/mol. The molecule has 2 aromatic heterocycles. The van der Waals surface area contributed by atoms with Gasteiger partial charge in [0.1, 0.15) is 16.0 Å². The fourth-order valence-electron chi connectivity index (χ4n) is 4.82. The van der Waals surface area contributed by atoms with Crippen molar-refractivity contribution in [3.63, 3.8) is 0 Å². The minimum atomic E-state index is -3.65. The first-order valence-corrected chi connectivity index (χ1v) is 18.0. The summed E-state index contributed by atoms with van der Waals surface area (Å²) in [5.74, 6) is -0.456. The Hall–Kier alpha value is -2.75. The first-order valence-electron chi connectivity index (χ1n) is 14.6. The quantitative estimate of drug-likeness (QED) is 0.173. The molecule has 1 aliphatic carbocycles. The van der Waals surface area contributed by atoms with Crippen LogP contribution in [-0.4, -0.2) is 83.1 Å². The molecule has 1 saturated heterocycles. The number of sulfonamides is 1. The third-order valence-electron chi connectivity index (χ3n) is 7.48. The van der Waals surface area contributed by atoms with Crippen molar-refractivity contribution >= 4 is 55.5 Å². The predicted octanol–water partition coefficient (Wildman–Crippen LogP) is 6.08. The second kappa shape index (κ2) is 15.4. The smallest absolute Gasteiger partial charge is 0.387 e. The summed E-state index contributed by atoms with van der Waals surface area (Å²) in [6.07, 6.45) is 4.93. The number of hydrogen-bond acceptors (Lipinski definition) is 10.